The lowest BCUT2D eigenvalue weighted by Gasteiger charge is -2.24. The van der Waals surface area contributed by atoms with Gasteiger partial charge in [-0.2, -0.15) is 10.5 Å². The van der Waals surface area contributed by atoms with E-state index in [9.17, 15) is 4.79 Å². The molecule has 5 nitrogen and oxygen atoms in total. The molecule has 1 aromatic rings. The van der Waals surface area contributed by atoms with Gasteiger partial charge in [0, 0.05) is 5.41 Å². The molecule has 0 aliphatic carbocycles. The van der Waals surface area contributed by atoms with Crippen LogP contribution >= 0.6 is 0 Å². The molecule has 0 saturated carbocycles. The molecule has 21 heavy (non-hydrogen) atoms. The molecule has 0 amide bonds. The van der Waals surface area contributed by atoms with Gasteiger partial charge in [0.1, 0.15) is 17.9 Å². The topological polar surface area (TPSA) is 83.1 Å². The highest BCUT2D eigenvalue weighted by molar-refractivity contribution is 5.73. The van der Waals surface area contributed by atoms with Gasteiger partial charge in [-0.15, -0.1) is 0 Å². The van der Waals surface area contributed by atoms with Crippen molar-refractivity contribution in [1.82, 2.24) is 0 Å². The zero-order valence-corrected chi connectivity index (χ0v) is 12.4. The van der Waals surface area contributed by atoms with Gasteiger partial charge in [0.15, 0.2) is 12.7 Å². The Kier molecular flexibility index (Phi) is 5.75. The quantitative estimate of drug-likeness (QED) is 0.777. The minimum absolute atomic E-state index is 0.0472. The molecule has 1 aromatic carbocycles. The highest BCUT2D eigenvalue weighted by Crippen LogP contribution is 2.22. The van der Waals surface area contributed by atoms with Crippen molar-refractivity contribution in [3.05, 3.63) is 29.8 Å². The molecule has 0 N–H and O–H groups in total. The predicted octanol–water partition coefficient (Wildman–Crippen LogP) is 2.61. The van der Waals surface area contributed by atoms with Gasteiger partial charge in [-0.25, -0.2) is 0 Å². The number of hydrogen-bond donors (Lipinski definition) is 0. The van der Waals surface area contributed by atoms with Crippen LogP contribution in [-0.4, -0.2) is 18.7 Å². The van der Waals surface area contributed by atoms with Crippen LogP contribution < -0.4 is 4.74 Å². The van der Waals surface area contributed by atoms with Gasteiger partial charge in [0.2, 0.25) is 0 Å². The molecular formula is C16H18N2O3. The summed E-state index contributed by atoms with van der Waals surface area (Å²) < 4.78 is 10.4. The standard InChI is InChI=1S/C16H18N2O3/c1-16(2,3)14(11-18)21-15(19)10-12-5-4-6-13(9-12)20-8-7-17/h4-6,9,14H,8,10H2,1-3H3/t14-/m0/s1. The van der Waals surface area contributed by atoms with Crippen molar-refractivity contribution in [2.45, 2.75) is 33.3 Å². The monoisotopic (exact) mass is 286 g/mol. The average molecular weight is 286 g/mol. The first kappa shape index (κ1) is 16.5. The third-order valence-electron chi connectivity index (χ3n) is 2.70. The first-order valence-corrected chi connectivity index (χ1v) is 6.54. The van der Waals surface area contributed by atoms with E-state index in [1.807, 2.05) is 32.9 Å². The zero-order valence-electron chi connectivity index (χ0n) is 12.4. The molecule has 0 radical (unpaired) electrons. The number of esters is 1. The van der Waals surface area contributed by atoms with E-state index < -0.39 is 17.5 Å². The fraction of sp³-hybridized carbons (Fsp3) is 0.438. The lowest BCUT2D eigenvalue weighted by atomic mass is 9.90. The van der Waals surface area contributed by atoms with Crippen LogP contribution in [0, 0.1) is 28.1 Å². The molecule has 5 heteroatoms. The van der Waals surface area contributed by atoms with Crippen molar-refractivity contribution in [2.24, 2.45) is 5.41 Å². The van der Waals surface area contributed by atoms with Crippen molar-refractivity contribution < 1.29 is 14.3 Å². The van der Waals surface area contributed by atoms with Gasteiger partial charge in [0.05, 0.1) is 6.42 Å². The van der Waals surface area contributed by atoms with Crippen LogP contribution in [0.25, 0.3) is 0 Å². The molecule has 0 spiro atoms. The van der Waals surface area contributed by atoms with Gasteiger partial charge in [0.25, 0.3) is 0 Å². The third kappa shape index (κ3) is 5.54. The summed E-state index contributed by atoms with van der Waals surface area (Å²) in [5.74, 6) is 0.0587. The average Bonchev–Trinajstić information content (AvgIpc) is 2.41. The van der Waals surface area contributed by atoms with Crippen molar-refractivity contribution >= 4 is 5.97 Å². The second-order valence-electron chi connectivity index (χ2n) is 5.64. The Balaban J connectivity index is 2.67. The Hall–Kier alpha value is -2.53. The Labute approximate surface area is 124 Å². The fourth-order valence-corrected chi connectivity index (χ4v) is 1.60. The highest BCUT2D eigenvalue weighted by atomic mass is 16.5. The lowest BCUT2D eigenvalue weighted by molar-refractivity contribution is -0.149. The SMILES string of the molecule is CC(C)(C)[C@H](C#N)OC(=O)Cc1cccc(OCC#N)c1. The number of hydrogen-bond acceptors (Lipinski definition) is 5. The summed E-state index contributed by atoms with van der Waals surface area (Å²) in [5, 5.41) is 17.5. The number of ether oxygens (including phenoxy) is 2. The molecule has 1 rings (SSSR count). The molecule has 0 fully saturated rings. The first-order valence-electron chi connectivity index (χ1n) is 6.54. The summed E-state index contributed by atoms with van der Waals surface area (Å²) in [6.45, 7) is 5.47. The number of carbonyl (C=O) groups is 1. The maximum Gasteiger partial charge on any atom is 0.311 e. The van der Waals surface area contributed by atoms with Gasteiger partial charge >= 0.3 is 5.97 Å². The van der Waals surface area contributed by atoms with E-state index in [0.29, 0.717) is 11.3 Å². The summed E-state index contributed by atoms with van der Waals surface area (Å²) in [7, 11) is 0. The van der Waals surface area contributed by atoms with Crippen LogP contribution in [0.3, 0.4) is 0 Å². The summed E-state index contributed by atoms with van der Waals surface area (Å²) >= 11 is 0. The van der Waals surface area contributed by atoms with Crippen LogP contribution in [0.15, 0.2) is 24.3 Å². The zero-order chi connectivity index (χ0) is 15.9. The van der Waals surface area contributed by atoms with Crippen LogP contribution in [-0.2, 0) is 16.0 Å². The summed E-state index contributed by atoms with van der Waals surface area (Å²) in [4.78, 5) is 11.9. The largest absolute Gasteiger partial charge is 0.479 e. The van der Waals surface area contributed by atoms with Crippen LogP contribution in [0.4, 0.5) is 0 Å². The van der Waals surface area contributed by atoms with Gasteiger partial charge in [-0.1, -0.05) is 32.9 Å². The second kappa shape index (κ2) is 7.31. The summed E-state index contributed by atoms with van der Waals surface area (Å²) in [6, 6.07) is 10.8. The molecule has 0 heterocycles. The fourth-order valence-electron chi connectivity index (χ4n) is 1.60. The van der Waals surface area contributed by atoms with E-state index in [1.54, 1.807) is 24.3 Å². The van der Waals surface area contributed by atoms with Gasteiger partial charge in [-0.3, -0.25) is 4.79 Å². The van der Waals surface area contributed by atoms with Crippen molar-refractivity contribution in [1.29, 1.82) is 10.5 Å². The predicted molar refractivity (Wildman–Crippen MR) is 76.2 cm³/mol. The van der Waals surface area contributed by atoms with Crippen molar-refractivity contribution in [3.63, 3.8) is 0 Å². The van der Waals surface area contributed by atoms with Crippen molar-refractivity contribution in [2.75, 3.05) is 6.61 Å². The molecule has 0 saturated heterocycles. The first-order chi connectivity index (χ1) is 9.86. The van der Waals surface area contributed by atoms with Crippen LogP contribution in [0.1, 0.15) is 26.3 Å². The van der Waals surface area contributed by atoms with E-state index in [0.717, 1.165) is 0 Å². The van der Waals surface area contributed by atoms with E-state index in [-0.39, 0.29) is 13.0 Å². The molecule has 0 unspecified atom stereocenters. The Morgan fingerprint density at radius 3 is 2.62 bits per heavy atom. The molecule has 0 aliphatic rings. The molecule has 0 aromatic heterocycles. The summed E-state index contributed by atoms with van der Waals surface area (Å²) in [6.07, 6.45) is -0.735. The molecule has 1 atom stereocenters. The number of carbonyl (C=O) groups excluding carboxylic acids is 1. The number of nitriles is 2. The summed E-state index contributed by atoms with van der Waals surface area (Å²) in [5.41, 5.74) is 0.281. The van der Waals surface area contributed by atoms with E-state index in [1.165, 1.54) is 0 Å². The van der Waals surface area contributed by atoms with E-state index in [2.05, 4.69) is 0 Å². The smallest absolute Gasteiger partial charge is 0.311 e. The molecule has 0 aliphatic heterocycles. The van der Waals surface area contributed by atoms with E-state index >= 15 is 0 Å². The number of nitrogens with zero attached hydrogens (tertiary/aromatic N) is 2. The molecule has 0 bridgehead atoms. The van der Waals surface area contributed by atoms with E-state index in [4.69, 9.17) is 20.0 Å². The highest BCUT2D eigenvalue weighted by Gasteiger charge is 2.28. The van der Waals surface area contributed by atoms with Crippen molar-refractivity contribution in [3.8, 4) is 17.9 Å². The van der Waals surface area contributed by atoms with Crippen LogP contribution in [0.2, 0.25) is 0 Å². The van der Waals surface area contributed by atoms with Crippen LogP contribution in [0.5, 0.6) is 5.75 Å². The van der Waals surface area contributed by atoms with Gasteiger partial charge in [-0.05, 0) is 17.7 Å². The number of rotatable bonds is 5. The second-order valence-corrected chi connectivity index (χ2v) is 5.64. The lowest BCUT2D eigenvalue weighted by Crippen LogP contribution is -2.30. The minimum atomic E-state index is -0.789. The Morgan fingerprint density at radius 2 is 2.05 bits per heavy atom. The Bertz CT molecular complexity index is 576. The number of benzene rings is 1. The minimum Gasteiger partial charge on any atom is -0.479 e. The van der Waals surface area contributed by atoms with Gasteiger partial charge < -0.3 is 9.47 Å². The molecule has 110 valence electrons. The molecular weight excluding hydrogens is 268 g/mol. The maximum atomic E-state index is 11.9. The maximum absolute atomic E-state index is 11.9. The normalized spacial score (nSPS) is 11.9. The third-order valence-corrected chi connectivity index (χ3v) is 2.70. The Morgan fingerprint density at radius 1 is 1.33 bits per heavy atom.